The lowest BCUT2D eigenvalue weighted by atomic mass is 10.1. The van der Waals surface area contributed by atoms with Crippen LogP contribution in [-0.4, -0.2) is 45.1 Å². The Morgan fingerprint density at radius 2 is 2.06 bits per heavy atom. The lowest BCUT2D eigenvalue weighted by molar-refractivity contribution is -0.121. The molecule has 0 saturated heterocycles. The minimum Gasteiger partial charge on any atom is -0.497 e. The molecule has 3 N–H and O–H groups in total. The SMILES string of the molecule is CNC(=O)CN(C)C(CN)c1ccc(OC)cc1. The van der Waals surface area contributed by atoms with Gasteiger partial charge in [-0.1, -0.05) is 12.1 Å². The molecule has 1 atom stereocenters. The van der Waals surface area contributed by atoms with E-state index in [-0.39, 0.29) is 11.9 Å². The maximum absolute atomic E-state index is 11.4. The first-order valence-electron chi connectivity index (χ1n) is 5.87. The fourth-order valence-electron chi connectivity index (χ4n) is 1.81. The molecule has 18 heavy (non-hydrogen) atoms. The molecule has 0 aromatic heterocycles. The van der Waals surface area contributed by atoms with E-state index in [2.05, 4.69) is 5.32 Å². The van der Waals surface area contributed by atoms with Gasteiger partial charge in [0.15, 0.2) is 0 Å². The van der Waals surface area contributed by atoms with E-state index in [1.165, 1.54) is 0 Å². The number of nitrogens with two attached hydrogens (primary N) is 1. The predicted octanol–water partition coefficient (Wildman–Crippen LogP) is 0.373. The van der Waals surface area contributed by atoms with Crippen LogP contribution in [0.15, 0.2) is 24.3 Å². The van der Waals surface area contributed by atoms with Crippen molar-refractivity contribution in [1.29, 1.82) is 0 Å². The minimum absolute atomic E-state index is 0.0215. The standard InChI is InChI=1S/C13H21N3O2/c1-15-13(17)9-16(2)12(8-14)10-4-6-11(18-3)7-5-10/h4-7,12H,8-9,14H2,1-3H3,(H,15,17). The van der Waals surface area contributed by atoms with Crippen molar-refractivity contribution in [2.75, 3.05) is 34.3 Å². The summed E-state index contributed by atoms with van der Waals surface area (Å²) >= 11 is 0. The number of benzene rings is 1. The predicted molar refractivity (Wildman–Crippen MR) is 71.5 cm³/mol. The first-order chi connectivity index (χ1) is 8.62. The van der Waals surface area contributed by atoms with Crippen molar-refractivity contribution in [3.05, 3.63) is 29.8 Å². The third-order valence-corrected chi connectivity index (χ3v) is 2.93. The van der Waals surface area contributed by atoms with E-state index in [4.69, 9.17) is 10.5 Å². The topological polar surface area (TPSA) is 67.6 Å². The van der Waals surface area contributed by atoms with E-state index in [1.807, 2.05) is 36.2 Å². The van der Waals surface area contributed by atoms with Gasteiger partial charge in [0.2, 0.25) is 5.91 Å². The molecule has 0 bridgehead atoms. The highest BCUT2D eigenvalue weighted by atomic mass is 16.5. The monoisotopic (exact) mass is 251 g/mol. The van der Waals surface area contributed by atoms with Crippen molar-refractivity contribution in [1.82, 2.24) is 10.2 Å². The Balaban J connectivity index is 2.77. The van der Waals surface area contributed by atoms with E-state index in [9.17, 15) is 4.79 Å². The molecule has 0 aliphatic carbocycles. The Bertz CT molecular complexity index is 378. The van der Waals surface area contributed by atoms with Crippen LogP contribution in [0.3, 0.4) is 0 Å². The van der Waals surface area contributed by atoms with Gasteiger partial charge in [0.1, 0.15) is 5.75 Å². The molecule has 1 unspecified atom stereocenters. The van der Waals surface area contributed by atoms with E-state index >= 15 is 0 Å². The zero-order valence-electron chi connectivity index (χ0n) is 11.1. The summed E-state index contributed by atoms with van der Waals surface area (Å²) in [6.07, 6.45) is 0. The minimum atomic E-state index is -0.0236. The van der Waals surface area contributed by atoms with Gasteiger partial charge in [-0.3, -0.25) is 9.69 Å². The van der Waals surface area contributed by atoms with Gasteiger partial charge in [-0.05, 0) is 24.7 Å². The summed E-state index contributed by atoms with van der Waals surface area (Å²) in [5.74, 6) is 0.785. The molecule has 0 aliphatic heterocycles. The molecular formula is C13H21N3O2. The molecule has 0 spiro atoms. The molecule has 0 heterocycles. The molecule has 1 aromatic carbocycles. The Labute approximate surface area is 108 Å². The van der Waals surface area contributed by atoms with Crippen LogP contribution < -0.4 is 15.8 Å². The zero-order chi connectivity index (χ0) is 13.5. The summed E-state index contributed by atoms with van der Waals surface area (Å²) in [5.41, 5.74) is 6.86. The zero-order valence-corrected chi connectivity index (χ0v) is 11.1. The number of likely N-dealkylation sites (N-methyl/N-ethyl adjacent to an activating group) is 2. The van der Waals surface area contributed by atoms with Gasteiger partial charge in [0, 0.05) is 19.6 Å². The number of amides is 1. The van der Waals surface area contributed by atoms with Crippen LogP contribution in [0.1, 0.15) is 11.6 Å². The van der Waals surface area contributed by atoms with Gasteiger partial charge in [0.25, 0.3) is 0 Å². The number of nitrogens with zero attached hydrogens (tertiary/aromatic N) is 1. The first kappa shape index (κ1) is 14.5. The molecule has 0 radical (unpaired) electrons. The summed E-state index contributed by atoms with van der Waals surface area (Å²) in [4.78, 5) is 13.3. The van der Waals surface area contributed by atoms with Gasteiger partial charge in [-0.15, -0.1) is 0 Å². The molecule has 0 aliphatic rings. The molecule has 100 valence electrons. The molecule has 5 nitrogen and oxygen atoms in total. The average molecular weight is 251 g/mol. The molecule has 1 aromatic rings. The highest BCUT2D eigenvalue weighted by Crippen LogP contribution is 2.20. The van der Waals surface area contributed by atoms with E-state index in [1.54, 1.807) is 14.2 Å². The fraction of sp³-hybridized carbons (Fsp3) is 0.462. The summed E-state index contributed by atoms with van der Waals surface area (Å²) in [7, 11) is 5.14. The van der Waals surface area contributed by atoms with Gasteiger partial charge < -0.3 is 15.8 Å². The fourth-order valence-corrected chi connectivity index (χ4v) is 1.81. The van der Waals surface area contributed by atoms with Crippen molar-refractivity contribution < 1.29 is 9.53 Å². The summed E-state index contributed by atoms with van der Waals surface area (Å²) in [6, 6.07) is 7.75. The van der Waals surface area contributed by atoms with Gasteiger partial charge >= 0.3 is 0 Å². The molecule has 1 amide bonds. The van der Waals surface area contributed by atoms with Crippen LogP contribution in [-0.2, 0) is 4.79 Å². The lowest BCUT2D eigenvalue weighted by Crippen LogP contribution is -2.38. The average Bonchev–Trinajstić information content (AvgIpc) is 2.40. The number of carbonyl (C=O) groups is 1. The number of hydrogen-bond donors (Lipinski definition) is 2. The van der Waals surface area contributed by atoms with E-state index < -0.39 is 0 Å². The Kier molecular flexibility index (Phi) is 5.61. The van der Waals surface area contributed by atoms with Crippen molar-refractivity contribution in [3.8, 4) is 5.75 Å². The van der Waals surface area contributed by atoms with Crippen LogP contribution in [0.5, 0.6) is 5.75 Å². The second-order valence-electron chi connectivity index (χ2n) is 4.11. The van der Waals surface area contributed by atoms with Crippen molar-refractivity contribution in [2.45, 2.75) is 6.04 Å². The number of carbonyl (C=O) groups excluding carboxylic acids is 1. The third kappa shape index (κ3) is 3.72. The highest BCUT2D eigenvalue weighted by Gasteiger charge is 2.17. The highest BCUT2D eigenvalue weighted by molar-refractivity contribution is 5.77. The van der Waals surface area contributed by atoms with Crippen LogP contribution >= 0.6 is 0 Å². The van der Waals surface area contributed by atoms with E-state index in [0.29, 0.717) is 13.1 Å². The Hall–Kier alpha value is -1.59. The van der Waals surface area contributed by atoms with Crippen LogP contribution in [0, 0.1) is 0 Å². The molecule has 0 saturated carbocycles. The second kappa shape index (κ2) is 6.98. The number of nitrogens with one attached hydrogen (secondary N) is 1. The second-order valence-corrected chi connectivity index (χ2v) is 4.11. The quantitative estimate of drug-likeness (QED) is 0.766. The largest absolute Gasteiger partial charge is 0.497 e. The molecule has 0 fully saturated rings. The maximum Gasteiger partial charge on any atom is 0.233 e. The Morgan fingerprint density at radius 1 is 1.44 bits per heavy atom. The first-order valence-corrected chi connectivity index (χ1v) is 5.87. The van der Waals surface area contributed by atoms with Gasteiger partial charge in [0.05, 0.1) is 13.7 Å². The van der Waals surface area contributed by atoms with E-state index in [0.717, 1.165) is 11.3 Å². The summed E-state index contributed by atoms with van der Waals surface area (Å²) in [5, 5.41) is 2.60. The number of hydrogen-bond acceptors (Lipinski definition) is 4. The molecule has 5 heteroatoms. The van der Waals surface area contributed by atoms with Crippen LogP contribution in [0.4, 0.5) is 0 Å². The summed E-state index contributed by atoms with van der Waals surface area (Å²) in [6.45, 7) is 0.782. The number of rotatable bonds is 6. The molecule has 1 rings (SSSR count). The van der Waals surface area contributed by atoms with Crippen molar-refractivity contribution >= 4 is 5.91 Å². The Morgan fingerprint density at radius 3 is 2.50 bits per heavy atom. The van der Waals surface area contributed by atoms with Gasteiger partial charge in [-0.2, -0.15) is 0 Å². The number of methoxy groups -OCH3 is 1. The van der Waals surface area contributed by atoms with Crippen LogP contribution in [0.25, 0.3) is 0 Å². The van der Waals surface area contributed by atoms with Gasteiger partial charge in [-0.25, -0.2) is 0 Å². The van der Waals surface area contributed by atoms with Crippen molar-refractivity contribution in [2.24, 2.45) is 5.73 Å². The smallest absolute Gasteiger partial charge is 0.233 e. The molecular weight excluding hydrogens is 230 g/mol. The maximum atomic E-state index is 11.4. The lowest BCUT2D eigenvalue weighted by Gasteiger charge is -2.26. The third-order valence-electron chi connectivity index (χ3n) is 2.93. The van der Waals surface area contributed by atoms with Crippen molar-refractivity contribution in [3.63, 3.8) is 0 Å². The van der Waals surface area contributed by atoms with Crippen LogP contribution in [0.2, 0.25) is 0 Å². The summed E-state index contributed by atoms with van der Waals surface area (Å²) < 4.78 is 5.12. The number of ether oxygens (including phenoxy) is 1. The normalized spacial score (nSPS) is 12.3.